The summed E-state index contributed by atoms with van der Waals surface area (Å²) in [5.41, 5.74) is 0. The summed E-state index contributed by atoms with van der Waals surface area (Å²) in [4.78, 5) is 4.30. The Morgan fingerprint density at radius 2 is 2.05 bits per heavy atom. The van der Waals surface area contributed by atoms with Crippen LogP contribution in [0.15, 0.2) is 21.6 Å². The molecule has 1 heterocycles. The van der Waals surface area contributed by atoms with Crippen LogP contribution in [0.4, 0.5) is 5.82 Å². The van der Waals surface area contributed by atoms with E-state index in [1.807, 2.05) is 0 Å². The number of pyridine rings is 1. The Kier molecular flexibility index (Phi) is 5.62. The van der Waals surface area contributed by atoms with Gasteiger partial charge in [-0.1, -0.05) is 19.8 Å². The number of nitrogens with zero attached hydrogens (tertiary/aromatic N) is 1. The number of nitrogens with one attached hydrogen (secondary N) is 2. The number of anilines is 1. The van der Waals surface area contributed by atoms with Crippen molar-refractivity contribution < 1.29 is 8.42 Å². The van der Waals surface area contributed by atoms with E-state index in [9.17, 15) is 8.42 Å². The molecule has 118 valence electrons. The summed E-state index contributed by atoms with van der Waals surface area (Å²) in [5.74, 6) is 1.05. The summed E-state index contributed by atoms with van der Waals surface area (Å²) >= 11 is 3.28. The zero-order valence-electron chi connectivity index (χ0n) is 12.4. The van der Waals surface area contributed by atoms with E-state index in [0.29, 0.717) is 16.2 Å². The molecule has 0 aliphatic heterocycles. The van der Waals surface area contributed by atoms with Gasteiger partial charge in [0.15, 0.2) is 0 Å². The summed E-state index contributed by atoms with van der Waals surface area (Å²) in [5, 5.41) is 2.83. The van der Waals surface area contributed by atoms with Crippen molar-refractivity contribution >= 4 is 31.8 Å². The van der Waals surface area contributed by atoms with Crippen molar-refractivity contribution in [1.82, 2.24) is 9.71 Å². The highest BCUT2D eigenvalue weighted by Crippen LogP contribution is 2.26. The van der Waals surface area contributed by atoms with Crippen LogP contribution in [0.1, 0.15) is 39.0 Å². The van der Waals surface area contributed by atoms with Gasteiger partial charge >= 0.3 is 0 Å². The molecule has 1 aromatic rings. The average molecular weight is 376 g/mol. The molecule has 7 heteroatoms. The highest BCUT2D eigenvalue weighted by Gasteiger charge is 2.25. The van der Waals surface area contributed by atoms with E-state index in [-0.39, 0.29) is 10.9 Å². The lowest BCUT2D eigenvalue weighted by Crippen LogP contribution is -2.35. The van der Waals surface area contributed by atoms with Gasteiger partial charge in [-0.2, -0.15) is 0 Å². The van der Waals surface area contributed by atoms with Crippen LogP contribution in [0.3, 0.4) is 0 Å². The van der Waals surface area contributed by atoms with E-state index in [4.69, 9.17) is 0 Å². The number of rotatable bonds is 4. The maximum atomic E-state index is 12.6. The molecule has 21 heavy (non-hydrogen) atoms. The molecule has 2 atom stereocenters. The number of hydrogen-bond acceptors (Lipinski definition) is 4. The van der Waals surface area contributed by atoms with Crippen LogP contribution in [0.2, 0.25) is 0 Å². The molecule has 2 rings (SSSR count). The van der Waals surface area contributed by atoms with Crippen LogP contribution < -0.4 is 10.0 Å². The van der Waals surface area contributed by atoms with Crippen molar-refractivity contribution in [2.24, 2.45) is 5.92 Å². The Hall–Kier alpha value is -0.660. The van der Waals surface area contributed by atoms with Gasteiger partial charge in [0.2, 0.25) is 10.0 Å². The number of halogens is 1. The fraction of sp³-hybridized carbons (Fsp3) is 0.643. The molecule has 2 N–H and O–H groups in total. The van der Waals surface area contributed by atoms with Gasteiger partial charge in [0, 0.05) is 23.8 Å². The number of sulfonamides is 1. The second-order valence-electron chi connectivity index (χ2n) is 5.68. The summed E-state index contributed by atoms with van der Waals surface area (Å²) in [6, 6.07) is 1.60. The molecule has 1 fully saturated rings. The second kappa shape index (κ2) is 7.07. The van der Waals surface area contributed by atoms with Crippen molar-refractivity contribution in [3.63, 3.8) is 0 Å². The summed E-state index contributed by atoms with van der Waals surface area (Å²) < 4.78 is 28.7. The first-order valence-corrected chi connectivity index (χ1v) is 9.55. The maximum absolute atomic E-state index is 12.6. The van der Waals surface area contributed by atoms with Crippen molar-refractivity contribution in [3.05, 3.63) is 16.7 Å². The predicted molar refractivity (Wildman–Crippen MR) is 87.8 cm³/mol. The summed E-state index contributed by atoms with van der Waals surface area (Å²) in [7, 11) is -1.89. The summed E-state index contributed by atoms with van der Waals surface area (Å²) in [6.07, 6.45) is 6.71. The van der Waals surface area contributed by atoms with E-state index in [2.05, 4.69) is 37.9 Å². The lowest BCUT2D eigenvalue weighted by molar-refractivity contribution is 0.484. The fourth-order valence-corrected chi connectivity index (χ4v) is 4.68. The molecule has 1 aromatic heterocycles. The molecule has 0 saturated heterocycles. The third kappa shape index (κ3) is 4.40. The Morgan fingerprint density at radius 3 is 2.76 bits per heavy atom. The van der Waals surface area contributed by atoms with Crippen molar-refractivity contribution in [3.8, 4) is 0 Å². The molecule has 0 spiro atoms. The maximum Gasteiger partial charge on any atom is 0.244 e. The molecule has 5 nitrogen and oxygen atoms in total. The zero-order valence-corrected chi connectivity index (χ0v) is 14.8. The van der Waals surface area contributed by atoms with Gasteiger partial charge < -0.3 is 5.32 Å². The second-order valence-corrected chi connectivity index (χ2v) is 8.28. The van der Waals surface area contributed by atoms with Gasteiger partial charge in [-0.3, -0.25) is 0 Å². The molecule has 1 aliphatic rings. The van der Waals surface area contributed by atoms with Gasteiger partial charge in [0.05, 0.1) is 0 Å². The van der Waals surface area contributed by atoms with Gasteiger partial charge in [-0.05, 0) is 47.2 Å². The molecule has 0 bridgehead atoms. The van der Waals surface area contributed by atoms with Gasteiger partial charge in [0.1, 0.15) is 10.7 Å². The minimum Gasteiger partial charge on any atom is -0.372 e. The molecule has 0 radical (unpaired) electrons. The first kappa shape index (κ1) is 16.7. The van der Waals surface area contributed by atoms with Crippen molar-refractivity contribution in [2.75, 3.05) is 12.4 Å². The molecular weight excluding hydrogens is 354 g/mol. The molecule has 1 saturated carbocycles. The highest BCUT2D eigenvalue weighted by molar-refractivity contribution is 9.10. The Labute approximate surface area is 135 Å². The molecule has 1 aliphatic carbocycles. The van der Waals surface area contributed by atoms with E-state index < -0.39 is 10.0 Å². The minimum absolute atomic E-state index is 0.0173. The lowest BCUT2D eigenvalue weighted by Gasteiger charge is -2.18. The van der Waals surface area contributed by atoms with Gasteiger partial charge in [-0.25, -0.2) is 18.1 Å². The zero-order chi connectivity index (χ0) is 15.5. The number of aromatic nitrogens is 1. The van der Waals surface area contributed by atoms with Crippen LogP contribution >= 0.6 is 15.9 Å². The van der Waals surface area contributed by atoms with Crippen LogP contribution in [-0.4, -0.2) is 26.5 Å². The number of hydrogen-bond donors (Lipinski definition) is 2. The fourth-order valence-electron chi connectivity index (χ4n) is 2.70. The van der Waals surface area contributed by atoms with Crippen LogP contribution in [-0.2, 0) is 10.0 Å². The first-order valence-electron chi connectivity index (χ1n) is 7.28. The Bertz CT molecular complexity index is 592. The van der Waals surface area contributed by atoms with E-state index in [0.717, 1.165) is 25.7 Å². The van der Waals surface area contributed by atoms with E-state index >= 15 is 0 Å². The van der Waals surface area contributed by atoms with Crippen LogP contribution in [0, 0.1) is 5.92 Å². The highest BCUT2D eigenvalue weighted by atomic mass is 79.9. The normalized spacial score (nSPS) is 23.6. The molecule has 0 aromatic carbocycles. The predicted octanol–water partition coefficient (Wildman–Crippen LogP) is 3.13. The standard InChI is InChI=1S/C14H22BrN3O2S/c1-10-4-3-5-12(7-6-10)18-21(19,20)13-8-11(15)9-17-14(13)16-2/h8-10,12,18H,3-7H2,1-2H3,(H,16,17). The molecule has 2 unspecified atom stereocenters. The Balaban J connectivity index is 2.20. The average Bonchev–Trinajstić information content (AvgIpc) is 2.63. The quantitative estimate of drug-likeness (QED) is 0.792. The third-order valence-electron chi connectivity index (χ3n) is 3.92. The molecule has 0 amide bonds. The van der Waals surface area contributed by atoms with Gasteiger partial charge in [-0.15, -0.1) is 0 Å². The third-order valence-corrected chi connectivity index (χ3v) is 5.89. The van der Waals surface area contributed by atoms with Crippen molar-refractivity contribution in [1.29, 1.82) is 0 Å². The first-order chi connectivity index (χ1) is 9.92. The Morgan fingerprint density at radius 1 is 1.29 bits per heavy atom. The lowest BCUT2D eigenvalue weighted by atomic mass is 10.0. The molecular formula is C14H22BrN3O2S. The topological polar surface area (TPSA) is 71.1 Å². The van der Waals surface area contributed by atoms with Gasteiger partial charge in [0.25, 0.3) is 0 Å². The van der Waals surface area contributed by atoms with E-state index in [1.54, 1.807) is 19.3 Å². The SMILES string of the molecule is CNc1ncc(Br)cc1S(=O)(=O)NC1CCCC(C)CC1. The van der Waals surface area contributed by atoms with Crippen LogP contribution in [0.5, 0.6) is 0 Å². The minimum atomic E-state index is -3.56. The monoisotopic (exact) mass is 375 g/mol. The summed E-state index contributed by atoms with van der Waals surface area (Å²) in [6.45, 7) is 2.23. The van der Waals surface area contributed by atoms with Crippen LogP contribution in [0.25, 0.3) is 0 Å². The smallest absolute Gasteiger partial charge is 0.244 e. The van der Waals surface area contributed by atoms with Crippen molar-refractivity contribution in [2.45, 2.75) is 50.0 Å². The largest absolute Gasteiger partial charge is 0.372 e. The van der Waals surface area contributed by atoms with E-state index in [1.165, 1.54) is 6.42 Å².